The first-order valence-electron chi connectivity index (χ1n) is 9.89. The van der Waals surface area contributed by atoms with Crippen LogP contribution in [0.5, 0.6) is 0 Å². The standard InChI is InChI=1S/C22H25N3O2S2/c1-14-6-7-15(2)18(8-14)23-20(26)13-29-22(28)24-10-16-9-17(12-24)19-4-3-5-21(27)25(19)11-16/h3-8,16-17H,9-13H2,1-2H3,(H,23,26)/t16-,17-/m0/s1. The molecule has 3 heterocycles. The van der Waals surface area contributed by atoms with Gasteiger partial charge in [-0.1, -0.05) is 42.2 Å². The Morgan fingerprint density at radius 2 is 2.03 bits per heavy atom. The SMILES string of the molecule is Cc1ccc(C)c(NC(=O)CSC(=S)N2C[C@@H]3C[C@@H](C2)c2cccc(=O)n2C3)c1. The Labute approximate surface area is 180 Å². The number of likely N-dealkylation sites (tertiary alicyclic amines) is 1. The third-order valence-electron chi connectivity index (χ3n) is 5.73. The summed E-state index contributed by atoms with van der Waals surface area (Å²) < 4.78 is 2.69. The molecular weight excluding hydrogens is 402 g/mol. The Balaban J connectivity index is 1.36. The second-order valence-corrected chi connectivity index (χ2v) is 9.63. The minimum Gasteiger partial charge on any atom is -0.356 e. The summed E-state index contributed by atoms with van der Waals surface area (Å²) in [4.78, 5) is 26.8. The number of aryl methyl sites for hydroxylation is 2. The Morgan fingerprint density at radius 3 is 2.86 bits per heavy atom. The van der Waals surface area contributed by atoms with E-state index in [0.717, 1.165) is 52.9 Å². The molecule has 2 bridgehead atoms. The van der Waals surface area contributed by atoms with Gasteiger partial charge in [0.2, 0.25) is 5.91 Å². The zero-order valence-corrected chi connectivity index (χ0v) is 18.3. The number of hydrogen-bond acceptors (Lipinski definition) is 4. The van der Waals surface area contributed by atoms with Gasteiger partial charge in [-0.3, -0.25) is 9.59 Å². The van der Waals surface area contributed by atoms with Crippen molar-refractivity contribution in [3.05, 3.63) is 63.6 Å². The molecule has 2 aromatic rings. The minimum absolute atomic E-state index is 0.0415. The summed E-state index contributed by atoms with van der Waals surface area (Å²) in [6.45, 7) is 6.41. The van der Waals surface area contributed by atoms with Crippen molar-refractivity contribution in [3.63, 3.8) is 0 Å². The maximum absolute atomic E-state index is 12.4. The van der Waals surface area contributed by atoms with E-state index in [9.17, 15) is 9.59 Å². The van der Waals surface area contributed by atoms with Crippen molar-refractivity contribution in [1.29, 1.82) is 0 Å². The van der Waals surface area contributed by atoms with Gasteiger partial charge in [0.25, 0.3) is 5.56 Å². The first-order chi connectivity index (χ1) is 13.9. The normalized spacial score (nSPS) is 20.1. The van der Waals surface area contributed by atoms with E-state index in [-0.39, 0.29) is 11.5 Å². The van der Waals surface area contributed by atoms with Crippen molar-refractivity contribution in [2.45, 2.75) is 32.7 Å². The second-order valence-electron chi connectivity index (χ2n) is 8.02. The fourth-order valence-corrected chi connectivity index (χ4v) is 5.31. The molecule has 0 spiro atoms. The predicted molar refractivity (Wildman–Crippen MR) is 123 cm³/mol. The number of benzene rings is 1. The van der Waals surface area contributed by atoms with E-state index >= 15 is 0 Å². The molecule has 29 heavy (non-hydrogen) atoms. The van der Waals surface area contributed by atoms with Crippen molar-refractivity contribution >= 4 is 39.9 Å². The molecule has 4 rings (SSSR count). The largest absolute Gasteiger partial charge is 0.356 e. The van der Waals surface area contributed by atoms with E-state index in [0.29, 0.717) is 17.6 Å². The fraction of sp³-hybridized carbons (Fsp3) is 0.409. The summed E-state index contributed by atoms with van der Waals surface area (Å²) in [6.07, 6.45) is 1.10. The van der Waals surface area contributed by atoms with Crippen LogP contribution in [0.3, 0.4) is 0 Å². The van der Waals surface area contributed by atoms with Crippen molar-refractivity contribution in [1.82, 2.24) is 9.47 Å². The molecule has 2 aliphatic rings. The number of thiocarbonyl (C=S) groups is 1. The highest BCUT2D eigenvalue weighted by atomic mass is 32.2. The van der Waals surface area contributed by atoms with Gasteiger partial charge in [-0.25, -0.2) is 0 Å². The zero-order chi connectivity index (χ0) is 20.5. The lowest BCUT2D eigenvalue weighted by molar-refractivity contribution is -0.113. The quantitative estimate of drug-likeness (QED) is 0.760. The van der Waals surface area contributed by atoms with Gasteiger partial charge < -0.3 is 14.8 Å². The summed E-state index contributed by atoms with van der Waals surface area (Å²) in [6, 6.07) is 11.6. The number of carbonyl (C=O) groups excluding carboxylic acids is 1. The lowest BCUT2D eigenvalue weighted by Crippen LogP contribution is -2.48. The van der Waals surface area contributed by atoms with Gasteiger partial charge in [-0.2, -0.15) is 0 Å². The number of carbonyl (C=O) groups is 1. The van der Waals surface area contributed by atoms with Gasteiger partial charge >= 0.3 is 0 Å². The maximum Gasteiger partial charge on any atom is 0.250 e. The van der Waals surface area contributed by atoms with Crippen LogP contribution >= 0.6 is 24.0 Å². The topological polar surface area (TPSA) is 54.3 Å². The maximum atomic E-state index is 12.4. The van der Waals surface area contributed by atoms with Crippen LogP contribution in [0.15, 0.2) is 41.2 Å². The summed E-state index contributed by atoms with van der Waals surface area (Å²) in [5.41, 5.74) is 4.23. The van der Waals surface area contributed by atoms with Crippen molar-refractivity contribution in [2.24, 2.45) is 5.92 Å². The smallest absolute Gasteiger partial charge is 0.250 e. The van der Waals surface area contributed by atoms with E-state index in [1.54, 1.807) is 6.07 Å². The number of amides is 1. The predicted octanol–water partition coefficient (Wildman–Crippen LogP) is 3.54. The van der Waals surface area contributed by atoms with Gasteiger partial charge in [-0.15, -0.1) is 0 Å². The molecule has 0 saturated carbocycles. The van der Waals surface area contributed by atoms with Gasteiger partial charge in [0.15, 0.2) is 0 Å². The zero-order valence-electron chi connectivity index (χ0n) is 16.7. The molecule has 1 aromatic heterocycles. The van der Waals surface area contributed by atoms with Crippen LogP contribution in [0, 0.1) is 19.8 Å². The summed E-state index contributed by atoms with van der Waals surface area (Å²) in [5.74, 6) is 0.996. The molecule has 2 aliphatic heterocycles. The third-order valence-corrected chi connectivity index (χ3v) is 7.26. The van der Waals surface area contributed by atoms with Crippen molar-refractivity contribution in [3.8, 4) is 0 Å². The highest BCUT2D eigenvalue weighted by molar-refractivity contribution is 8.23. The molecule has 2 atom stereocenters. The molecule has 7 heteroatoms. The number of fused-ring (bicyclic) bond motifs is 4. The Bertz CT molecular complexity index is 1020. The number of piperidine rings is 1. The van der Waals surface area contributed by atoms with Crippen LogP contribution in [0.2, 0.25) is 0 Å². The molecule has 1 amide bonds. The number of aromatic nitrogens is 1. The van der Waals surface area contributed by atoms with E-state index in [1.165, 1.54) is 11.8 Å². The highest BCUT2D eigenvalue weighted by Gasteiger charge is 2.35. The van der Waals surface area contributed by atoms with Gasteiger partial charge in [0.05, 0.1) is 5.75 Å². The number of nitrogens with one attached hydrogen (secondary N) is 1. The first-order valence-corrected chi connectivity index (χ1v) is 11.3. The van der Waals surface area contributed by atoms with Crippen LogP contribution in [0.25, 0.3) is 0 Å². The molecular formula is C22H25N3O2S2. The van der Waals surface area contributed by atoms with Gasteiger partial charge in [0, 0.05) is 43.0 Å². The Hall–Kier alpha value is -2.12. The fourth-order valence-electron chi connectivity index (χ4n) is 4.32. The Morgan fingerprint density at radius 1 is 1.21 bits per heavy atom. The number of anilines is 1. The van der Waals surface area contributed by atoms with Gasteiger partial charge in [-0.05, 0) is 49.4 Å². The average molecular weight is 428 g/mol. The van der Waals surface area contributed by atoms with Crippen LogP contribution in [-0.2, 0) is 11.3 Å². The Kier molecular flexibility index (Phi) is 5.79. The molecule has 0 radical (unpaired) electrons. The molecule has 1 fully saturated rings. The summed E-state index contributed by atoms with van der Waals surface area (Å²) in [5, 5.41) is 2.99. The molecule has 1 aromatic carbocycles. The monoisotopic (exact) mass is 427 g/mol. The number of nitrogens with zero attached hydrogens (tertiary/aromatic N) is 2. The van der Waals surface area contributed by atoms with E-state index in [2.05, 4.69) is 16.3 Å². The van der Waals surface area contributed by atoms with E-state index in [1.807, 2.05) is 42.7 Å². The molecule has 152 valence electrons. The molecule has 0 unspecified atom stereocenters. The third kappa shape index (κ3) is 4.41. The van der Waals surface area contributed by atoms with E-state index < -0.39 is 0 Å². The molecule has 5 nitrogen and oxygen atoms in total. The minimum atomic E-state index is -0.0415. The number of thioether (sulfide) groups is 1. The second kappa shape index (κ2) is 8.32. The number of rotatable bonds is 3. The average Bonchev–Trinajstić information content (AvgIpc) is 2.69. The van der Waals surface area contributed by atoms with Crippen molar-refractivity contribution < 1.29 is 4.79 Å². The lowest BCUT2D eigenvalue weighted by Gasteiger charge is -2.43. The summed E-state index contributed by atoms with van der Waals surface area (Å²) >= 11 is 7.07. The number of hydrogen-bond donors (Lipinski definition) is 1. The summed E-state index contributed by atoms with van der Waals surface area (Å²) in [7, 11) is 0. The highest BCUT2D eigenvalue weighted by Crippen LogP contribution is 2.36. The van der Waals surface area contributed by atoms with Crippen LogP contribution in [-0.4, -0.2) is 38.5 Å². The number of pyridine rings is 1. The van der Waals surface area contributed by atoms with Gasteiger partial charge in [0.1, 0.15) is 4.32 Å². The van der Waals surface area contributed by atoms with Crippen molar-refractivity contribution in [2.75, 3.05) is 24.2 Å². The first kappa shape index (κ1) is 20.2. The van der Waals surface area contributed by atoms with E-state index in [4.69, 9.17) is 12.2 Å². The molecule has 1 saturated heterocycles. The molecule has 1 N–H and O–H groups in total. The van der Waals surface area contributed by atoms with Crippen LogP contribution in [0.1, 0.15) is 29.2 Å². The van der Waals surface area contributed by atoms with Crippen LogP contribution < -0.4 is 10.9 Å². The lowest BCUT2D eigenvalue weighted by atomic mass is 9.83. The molecule has 0 aliphatic carbocycles. The van der Waals surface area contributed by atoms with Crippen LogP contribution in [0.4, 0.5) is 5.69 Å².